The Kier molecular flexibility index (Phi) is 3.55. The highest BCUT2D eigenvalue weighted by Crippen LogP contribution is 2.36. The highest BCUT2D eigenvalue weighted by Gasteiger charge is 2.26. The van der Waals surface area contributed by atoms with E-state index >= 15 is 0 Å². The molecule has 2 N–H and O–H groups in total. The van der Waals surface area contributed by atoms with Gasteiger partial charge in [0.2, 0.25) is 0 Å². The molecule has 4 heteroatoms. The first-order valence-corrected chi connectivity index (χ1v) is 6.46. The van der Waals surface area contributed by atoms with Crippen molar-refractivity contribution >= 4 is 11.6 Å². The first-order valence-electron chi connectivity index (χ1n) is 6.08. The molecule has 0 radical (unpaired) electrons. The van der Waals surface area contributed by atoms with E-state index in [4.69, 9.17) is 17.3 Å². The third-order valence-corrected chi connectivity index (χ3v) is 3.67. The minimum atomic E-state index is 0.324. The molecule has 1 aliphatic carbocycles. The van der Waals surface area contributed by atoms with Crippen LogP contribution in [0.1, 0.15) is 57.2 Å². The van der Waals surface area contributed by atoms with Crippen LogP contribution in [-0.4, -0.2) is 15.8 Å². The van der Waals surface area contributed by atoms with Crippen LogP contribution in [0.4, 0.5) is 0 Å². The maximum absolute atomic E-state index is 6.25. The fourth-order valence-corrected chi connectivity index (χ4v) is 2.90. The van der Waals surface area contributed by atoms with Crippen molar-refractivity contribution in [2.75, 3.05) is 0 Å². The Morgan fingerprint density at radius 1 is 1.50 bits per heavy atom. The van der Waals surface area contributed by atoms with Crippen molar-refractivity contribution in [2.45, 2.75) is 57.5 Å². The zero-order valence-electron chi connectivity index (χ0n) is 9.99. The first-order chi connectivity index (χ1) is 7.59. The molecule has 2 unspecified atom stereocenters. The molecule has 2 atom stereocenters. The number of nitrogens with zero attached hydrogens (tertiary/aromatic N) is 2. The van der Waals surface area contributed by atoms with E-state index in [0.717, 1.165) is 17.9 Å². The van der Waals surface area contributed by atoms with Gasteiger partial charge in [-0.2, -0.15) is 5.10 Å². The second-order valence-electron chi connectivity index (χ2n) is 5.04. The summed E-state index contributed by atoms with van der Waals surface area (Å²) >= 11 is 6.25. The van der Waals surface area contributed by atoms with E-state index < -0.39 is 0 Å². The number of halogens is 1. The van der Waals surface area contributed by atoms with Crippen LogP contribution in [0.5, 0.6) is 0 Å². The smallest absolute Gasteiger partial charge is 0.0820 e. The van der Waals surface area contributed by atoms with Gasteiger partial charge < -0.3 is 5.73 Å². The predicted octanol–water partition coefficient (Wildman–Crippen LogP) is 3.10. The number of aromatic nitrogens is 2. The third kappa shape index (κ3) is 2.25. The van der Waals surface area contributed by atoms with Crippen LogP contribution in [0.3, 0.4) is 0 Å². The molecule has 1 fully saturated rings. The van der Waals surface area contributed by atoms with Crippen LogP contribution in [0.2, 0.25) is 5.02 Å². The minimum absolute atomic E-state index is 0.324. The van der Waals surface area contributed by atoms with Crippen LogP contribution in [0.25, 0.3) is 0 Å². The number of nitrogens with two attached hydrogens (primary N) is 1. The average molecular weight is 242 g/mol. The van der Waals surface area contributed by atoms with E-state index in [1.807, 2.05) is 4.68 Å². The lowest BCUT2D eigenvalue weighted by Crippen LogP contribution is -2.28. The molecular weight excluding hydrogens is 222 g/mol. The summed E-state index contributed by atoms with van der Waals surface area (Å²) in [6, 6.07) is 0.686. The Hall–Kier alpha value is -0.540. The van der Waals surface area contributed by atoms with Gasteiger partial charge in [0.15, 0.2) is 0 Å². The summed E-state index contributed by atoms with van der Waals surface area (Å²) in [5, 5.41) is 5.16. The molecule has 0 aromatic carbocycles. The Morgan fingerprint density at radius 2 is 2.25 bits per heavy atom. The maximum atomic E-state index is 6.25. The molecule has 0 amide bonds. The van der Waals surface area contributed by atoms with Crippen LogP contribution in [0.15, 0.2) is 6.20 Å². The van der Waals surface area contributed by atoms with Gasteiger partial charge in [-0.15, -0.1) is 0 Å². The van der Waals surface area contributed by atoms with Crippen LogP contribution >= 0.6 is 11.6 Å². The van der Waals surface area contributed by atoms with Gasteiger partial charge in [-0.25, -0.2) is 0 Å². The van der Waals surface area contributed by atoms with Gasteiger partial charge in [-0.1, -0.05) is 18.0 Å². The van der Waals surface area contributed by atoms with Crippen LogP contribution in [-0.2, 0) is 0 Å². The highest BCUT2D eigenvalue weighted by molar-refractivity contribution is 6.31. The Bertz CT molecular complexity index is 359. The fourth-order valence-electron chi connectivity index (χ4n) is 2.62. The molecule has 1 saturated carbocycles. The van der Waals surface area contributed by atoms with Crippen molar-refractivity contribution in [1.82, 2.24) is 9.78 Å². The molecule has 1 heterocycles. The molecule has 2 rings (SSSR count). The topological polar surface area (TPSA) is 43.8 Å². The van der Waals surface area contributed by atoms with Gasteiger partial charge in [0.05, 0.1) is 16.9 Å². The summed E-state index contributed by atoms with van der Waals surface area (Å²) in [5.74, 6) is 0.487. The van der Waals surface area contributed by atoms with Crippen molar-refractivity contribution in [2.24, 2.45) is 5.73 Å². The molecule has 1 aliphatic rings. The molecule has 0 spiro atoms. The number of hydrogen-bond donors (Lipinski definition) is 1. The van der Waals surface area contributed by atoms with E-state index in [1.54, 1.807) is 6.20 Å². The zero-order chi connectivity index (χ0) is 11.7. The van der Waals surface area contributed by atoms with E-state index in [-0.39, 0.29) is 0 Å². The molecule has 16 heavy (non-hydrogen) atoms. The van der Waals surface area contributed by atoms with E-state index in [2.05, 4.69) is 18.9 Å². The standard InChI is InChI=1S/C12H20ClN3/c1-8(2)16-12(11(13)7-15-16)9-4-3-5-10(14)6-9/h7-10H,3-6,14H2,1-2H3. The van der Waals surface area contributed by atoms with Crippen molar-refractivity contribution < 1.29 is 0 Å². The van der Waals surface area contributed by atoms with Crippen molar-refractivity contribution in [1.29, 1.82) is 0 Å². The lowest BCUT2D eigenvalue weighted by atomic mass is 9.84. The van der Waals surface area contributed by atoms with Gasteiger partial charge in [-0.3, -0.25) is 4.68 Å². The van der Waals surface area contributed by atoms with Gasteiger partial charge in [0, 0.05) is 18.0 Å². The predicted molar refractivity (Wildman–Crippen MR) is 66.8 cm³/mol. The molecule has 0 bridgehead atoms. The fraction of sp³-hybridized carbons (Fsp3) is 0.750. The monoisotopic (exact) mass is 241 g/mol. The second-order valence-corrected chi connectivity index (χ2v) is 5.45. The minimum Gasteiger partial charge on any atom is -0.328 e. The summed E-state index contributed by atoms with van der Waals surface area (Å²) in [7, 11) is 0. The third-order valence-electron chi connectivity index (χ3n) is 3.38. The molecule has 3 nitrogen and oxygen atoms in total. The van der Waals surface area contributed by atoms with Crippen LogP contribution < -0.4 is 5.73 Å². The van der Waals surface area contributed by atoms with Gasteiger partial charge in [0.25, 0.3) is 0 Å². The molecule has 0 saturated heterocycles. The normalized spacial score (nSPS) is 26.3. The highest BCUT2D eigenvalue weighted by atomic mass is 35.5. The molecule has 0 aliphatic heterocycles. The lowest BCUT2D eigenvalue weighted by molar-refractivity contribution is 0.366. The largest absolute Gasteiger partial charge is 0.328 e. The molecular formula is C12H20ClN3. The van der Waals surface area contributed by atoms with Gasteiger partial charge in [0.1, 0.15) is 0 Å². The van der Waals surface area contributed by atoms with E-state index in [1.165, 1.54) is 18.5 Å². The average Bonchev–Trinajstić information content (AvgIpc) is 2.60. The first kappa shape index (κ1) is 11.9. The van der Waals surface area contributed by atoms with E-state index in [9.17, 15) is 0 Å². The van der Waals surface area contributed by atoms with E-state index in [0.29, 0.717) is 18.0 Å². The van der Waals surface area contributed by atoms with Crippen molar-refractivity contribution in [3.8, 4) is 0 Å². The summed E-state index contributed by atoms with van der Waals surface area (Å²) < 4.78 is 2.05. The van der Waals surface area contributed by atoms with Crippen molar-refractivity contribution in [3.05, 3.63) is 16.9 Å². The zero-order valence-corrected chi connectivity index (χ0v) is 10.7. The van der Waals surface area contributed by atoms with Crippen LogP contribution in [0, 0.1) is 0 Å². The maximum Gasteiger partial charge on any atom is 0.0820 e. The van der Waals surface area contributed by atoms with Gasteiger partial charge in [-0.05, 0) is 33.1 Å². The number of rotatable bonds is 2. The SMILES string of the molecule is CC(C)n1ncc(Cl)c1C1CCCC(N)C1. The Balaban J connectivity index is 2.27. The van der Waals surface area contributed by atoms with Gasteiger partial charge >= 0.3 is 0 Å². The Morgan fingerprint density at radius 3 is 2.88 bits per heavy atom. The number of hydrogen-bond acceptors (Lipinski definition) is 2. The lowest BCUT2D eigenvalue weighted by Gasteiger charge is -2.28. The summed E-state index contributed by atoms with van der Waals surface area (Å²) in [6.07, 6.45) is 6.33. The quantitative estimate of drug-likeness (QED) is 0.865. The molecule has 1 aromatic heterocycles. The molecule has 90 valence electrons. The van der Waals surface area contributed by atoms with Crippen molar-refractivity contribution in [3.63, 3.8) is 0 Å². The summed E-state index contributed by atoms with van der Waals surface area (Å²) in [5.41, 5.74) is 7.22. The molecule has 1 aromatic rings. The summed E-state index contributed by atoms with van der Waals surface area (Å²) in [4.78, 5) is 0. The second kappa shape index (κ2) is 4.76. The summed E-state index contributed by atoms with van der Waals surface area (Å²) in [6.45, 7) is 4.27. The Labute approximate surface area is 102 Å².